The number of unbranched alkanes of at least 4 members (excludes halogenated alkanes) is 14. The summed E-state index contributed by atoms with van der Waals surface area (Å²) in [4.78, 5) is 40.6. The van der Waals surface area contributed by atoms with Crippen LogP contribution in [0, 0.1) is 23.2 Å². The molecule has 2 aliphatic heterocycles. The molecule has 2 fully saturated rings. The van der Waals surface area contributed by atoms with Crippen molar-refractivity contribution in [2.75, 3.05) is 19.8 Å². The number of nitrogens with one attached hydrogen (secondary N) is 2. The van der Waals surface area contributed by atoms with Crippen molar-refractivity contribution in [1.29, 1.82) is 5.26 Å². The lowest BCUT2D eigenvalue weighted by molar-refractivity contribution is -0.175. The largest absolute Gasteiger partial charge is 0.368 e. The fourth-order valence-corrected chi connectivity index (χ4v) is 9.10. The van der Waals surface area contributed by atoms with Gasteiger partial charge in [0.1, 0.15) is 23.4 Å². The van der Waals surface area contributed by atoms with Gasteiger partial charge in [-0.15, -0.1) is 0 Å². The van der Waals surface area contributed by atoms with Gasteiger partial charge in [0.2, 0.25) is 5.91 Å². The van der Waals surface area contributed by atoms with E-state index >= 15 is 0 Å². The number of fused-ring (bicyclic) bond motifs is 2. The molecular weight excluding hydrogens is 705 g/mol. The van der Waals surface area contributed by atoms with Crippen LogP contribution in [0.15, 0.2) is 15.8 Å². The first kappa shape index (κ1) is 45.8. The van der Waals surface area contributed by atoms with E-state index in [0.29, 0.717) is 12.8 Å². The van der Waals surface area contributed by atoms with E-state index in [9.17, 15) is 14.4 Å². The Morgan fingerprint density at radius 1 is 1.00 bits per heavy atom. The van der Waals surface area contributed by atoms with Gasteiger partial charge in [0, 0.05) is 24.7 Å². The smallest absolute Gasteiger partial charge is 0.330 e. The Bertz CT molecular complexity index is 1470. The van der Waals surface area contributed by atoms with Crippen LogP contribution in [-0.2, 0) is 23.3 Å². The topological polar surface area (TPSA) is 148 Å². The maximum atomic E-state index is 13.1. The monoisotopic (exact) mass is 773 g/mol. The van der Waals surface area contributed by atoms with Gasteiger partial charge in [-0.05, 0) is 40.5 Å². The third-order valence-corrected chi connectivity index (χ3v) is 12.4. The van der Waals surface area contributed by atoms with Gasteiger partial charge in [0.05, 0.1) is 32.2 Å². The van der Waals surface area contributed by atoms with E-state index in [4.69, 9.17) is 23.8 Å². The summed E-state index contributed by atoms with van der Waals surface area (Å²) in [5, 5.41) is 11.9. The molecule has 2 bridgehead atoms. The zero-order chi connectivity index (χ0) is 39.3. The molecule has 3 rings (SSSR count). The van der Waals surface area contributed by atoms with Gasteiger partial charge in [0.15, 0.2) is 6.23 Å². The molecule has 304 valence electrons. The van der Waals surface area contributed by atoms with Gasteiger partial charge in [-0.2, -0.15) is 5.26 Å². The molecule has 0 aliphatic carbocycles. The van der Waals surface area contributed by atoms with Crippen LogP contribution < -0.4 is 16.6 Å². The lowest BCUT2D eigenvalue weighted by Crippen LogP contribution is -2.43. The quantitative estimate of drug-likeness (QED) is 0.0516. The Kier molecular flexibility index (Phi) is 21.1. The van der Waals surface area contributed by atoms with Crippen LogP contribution in [0.5, 0.6) is 0 Å². The van der Waals surface area contributed by atoms with Crippen LogP contribution in [0.25, 0.3) is 0 Å². The van der Waals surface area contributed by atoms with Crippen molar-refractivity contribution in [2.45, 2.75) is 193 Å². The maximum Gasteiger partial charge on any atom is 0.330 e. The van der Waals surface area contributed by atoms with Crippen molar-refractivity contribution < 1.29 is 23.3 Å². The SMILES string of the molecule is CCCCCCCCCCCCCCCCCC(=O)NCC#Cc1cn([C@@H]2O[C@]3(CC)CO[C@@H]2C3OP(OCCC#N)N(C(C)C)C(C)C)c(=O)[nH]c1=O. The number of H-pyrrole nitrogens is 1. The molecule has 1 aromatic rings. The second-order valence-corrected chi connectivity index (χ2v) is 16.7. The van der Waals surface area contributed by atoms with Crippen molar-refractivity contribution in [1.82, 2.24) is 19.5 Å². The molecule has 0 aromatic carbocycles. The predicted molar refractivity (Wildman–Crippen MR) is 214 cm³/mol. The summed E-state index contributed by atoms with van der Waals surface area (Å²) in [5.74, 6) is 5.61. The van der Waals surface area contributed by atoms with Gasteiger partial charge >= 0.3 is 5.69 Å². The molecule has 1 aromatic heterocycles. The lowest BCUT2D eigenvalue weighted by atomic mass is 9.96. The van der Waals surface area contributed by atoms with E-state index in [1.54, 1.807) is 0 Å². The minimum Gasteiger partial charge on any atom is -0.368 e. The number of amides is 1. The zero-order valence-corrected chi connectivity index (χ0v) is 34.9. The Hall–Kier alpha value is -2.57. The van der Waals surface area contributed by atoms with Crippen LogP contribution in [0.3, 0.4) is 0 Å². The highest BCUT2D eigenvalue weighted by molar-refractivity contribution is 7.44. The molecule has 2 N–H and O–H groups in total. The molecule has 3 heterocycles. The minimum absolute atomic E-state index is 0.0635. The fourth-order valence-electron chi connectivity index (χ4n) is 7.29. The molecule has 2 aliphatic rings. The lowest BCUT2D eigenvalue weighted by Gasteiger charge is -2.38. The normalized spacial score (nSPS) is 21.1. The summed E-state index contributed by atoms with van der Waals surface area (Å²) in [7, 11) is -1.59. The number of ether oxygens (including phenoxy) is 2. The summed E-state index contributed by atoms with van der Waals surface area (Å²) in [5.41, 5.74) is -2.03. The highest BCUT2D eigenvalue weighted by Crippen LogP contribution is 2.55. The highest BCUT2D eigenvalue weighted by atomic mass is 31.2. The number of carbonyl (C=O) groups excluding carboxylic acids is 1. The third-order valence-electron chi connectivity index (χ3n) is 10.3. The molecule has 2 saturated heterocycles. The first-order valence-electron chi connectivity index (χ1n) is 20.7. The third kappa shape index (κ3) is 14.2. The standard InChI is InChI=1S/C41H68N5O7P/c1-7-9-10-11-12-13-14-15-16-17-18-19-20-21-22-26-35(47)43-28-23-25-34-30-45(40(49)44-38(34)48)39-36-37(41(8-2,52-39)31-50-36)53-54(51-29-24-27-42)46(32(3)4)33(5)6/h30,32-33,36-37,39H,7-22,24,26,28-29,31H2,1-6H3,(H,43,47)(H,44,48,49)/t36-,37?,39-,41-,54?/m1/s1. The van der Waals surface area contributed by atoms with Gasteiger partial charge < -0.3 is 23.8 Å². The van der Waals surface area contributed by atoms with E-state index in [-0.39, 0.29) is 49.7 Å². The summed E-state index contributed by atoms with van der Waals surface area (Å²) < 4.78 is 29.0. The van der Waals surface area contributed by atoms with Gasteiger partial charge in [0.25, 0.3) is 14.1 Å². The zero-order valence-electron chi connectivity index (χ0n) is 34.0. The van der Waals surface area contributed by atoms with E-state index < -0.39 is 43.8 Å². The summed E-state index contributed by atoms with van der Waals surface area (Å²) in [6.07, 6.45) is 19.7. The van der Waals surface area contributed by atoms with E-state index in [1.807, 2.05) is 6.92 Å². The van der Waals surface area contributed by atoms with Crippen LogP contribution in [0.2, 0.25) is 0 Å². The van der Waals surface area contributed by atoms with Crippen LogP contribution in [0.4, 0.5) is 0 Å². The van der Waals surface area contributed by atoms with Crippen LogP contribution in [0.1, 0.15) is 169 Å². The number of aromatic nitrogens is 2. The summed E-state index contributed by atoms with van der Waals surface area (Å²) in [6.45, 7) is 13.1. The van der Waals surface area contributed by atoms with Crippen molar-refractivity contribution in [3.63, 3.8) is 0 Å². The fraction of sp³-hybridized carbons (Fsp3) is 0.805. The first-order chi connectivity index (χ1) is 26.1. The van der Waals surface area contributed by atoms with Crippen molar-refractivity contribution >= 4 is 14.4 Å². The molecule has 1 amide bonds. The Labute approximate surface area is 325 Å². The number of nitrogens with zero attached hydrogens (tertiary/aromatic N) is 3. The highest BCUT2D eigenvalue weighted by Gasteiger charge is 2.63. The molecule has 12 nitrogen and oxygen atoms in total. The second kappa shape index (κ2) is 24.8. The molecule has 54 heavy (non-hydrogen) atoms. The predicted octanol–water partition coefficient (Wildman–Crippen LogP) is 8.00. The number of hydrogen-bond donors (Lipinski definition) is 2. The Balaban J connectivity index is 1.47. The van der Waals surface area contributed by atoms with E-state index in [0.717, 1.165) is 19.3 Å². The van der Waals surface area contributed by atoms with E-state index in [1.165, 1.54) is 87.8 Å². The summed E-state index contributed by atoms with van der Waals surface area (Å²) in [6, 6.07) is 2.33. The maximum absolute atomic E-state index is 13.1. The van der Waals surface area contributed by atoms with Crippen molar-refractivity contribution in [2.24, 2.45) is 0 Å². The molecule has 5 atom stereocenters. The molecule has 2 unspecified atom stereocenters. The van der Waals surface area contributed by atoms with Gasteiger partial charge in [-0.25, -0.2) is 9.46 Å². The van der Waals surface area contributed by atoms with Crippen molar-refractivity contribution in [3.8, 4) is 17.9 Å². The Morgan fingerprint density at radius 3 is 2.15 bits per heavy atom. The average molecular weight is 774 g/mol. The number of carbonyl (C=O) groups is 1. The number of aromatic amines is 1. The second-order valence-electron chi connectivity index (χ2n) is 15.3. The number of nitriles is 1. The minimum atomic E-state index is -1.59. The van der Waals surface area contributed by atoms with Crippen LogP contribution >= 0.6 is 8.53 Å². The van der Waals surface area contributed by atoms with Gasteiger partial charge in [-0.3, -0.25) is 19.1 Å². The number of rotatable bonds is 27. The molecule has 0 radical (unpaired) electrons. The Morgan fingerprint density at radius 2 is 1.59 bits per heavy atom. The van der Waals surface area contributed by atoms with Crippen molar-refractivity contribution in [3.05, 3.63) is 32.6 Å². The molecule has 0 spiro atoms. The van der Waals surface area contributed by atoms with E-state index in [2.05, 4.69) is 67.5 Å². The first-order valence-corrected chi connectivity index (χ1v) is 21.9. The molecule has 13 heteroatoms. The van der Waals surface area contributed by atoms with Crippen LogP contribution in [-0.4, -0.2) is 69.8 Å². The van der Waals surface area contributed by atoms with Gasteiger partial charge in [-0.1, -0.05) is 116 Å². The number of hydrogen-bond acceptors (Lipinski definition) is 9. The summed E-state index contributed by atoms with van der Waals surface area (Å²) >= 11 is 0. The average Bonchev–Trinajstić information content (AvgIpc) is 3.63. The molecular formula is C41H68N5O7P. The molecule has 0 saturated carbocycles.